The molecule has 0 unspecified atom stereocenters. The van der Waals surface area contributed by atoms with E-state index in [9.17, 15) is 14.4 Å². The first-order valence-electron chi connectivity index (χ1n) is 6.78. The summed E-state index contributed by atoms with van der Waals surface area (Å²) in [5.74, 6) is -0.0333. The number of hydrogen-bond donors (Lipinski definition) is 2. The number of nitrogens with zero attached hydrogens (tertiary/aromatic N) is 1. The summed E-state index contributed by atoms with van der Waals surface area (Å²) < 4.78 is 0. The minimum Gasteiger partial charge on any atom is -0.355 e. The molecule has 0 radical (unpaired) electrons. The largest absolute Gasteiger partial charge is 0.355 e. The fourth-order valence-corrected chi connectivity index (χ4v) is 2.07. The van der Waals surface area contributed by atoms with Gasteiger partial charge in [-0.05, 0) is 18.8 Å². The Kier molecular flexibility index (Phi) is 8.41. The highest BCUT2D eigenvalue weighted by Gasteiger charge is 2.27. The second-order valence-corrected chi connectivity index (χ2v) is 5.32. The number of nitrogens with two attached hydrogens (primary N) is 1. The van der Waals surface area contributed by atoms with Gasteiger partial charge < -0.3 is 11.1 Å². The molecular formula is C13H24ClN3O3. The molecular weight excluding hydrogens is 282 g/mol. The van der Waals surface area contributed by atoms with Crippen molar-refractivity contribution in [2.24, 2.45) is 11.7 Å². The highest BCUT2D eigenvalue weighted by Crippen LogP contribution is 2.11. The SMILES string of the molecule is CC(C)C[C@H](N)C(=O)NCCCN1C(=O)CCC1=O.Cl. The Bertz CT molecular complexity index is 345. The third kappa shape index (κ3) is 5.88. The van der Waals surface area contributed by atoms with Crippen LogP contribution in [0.2, 0.25) is 0 Å². The first-order valence-corrected chi connectivity index (χ1v) is 6.78. The molecule has 0 aromatic heterocycles. The quantitative estimate of drug-likeness (QED) is 0.527. The van der Waals surface area contributed by atoms with E-state index in [2.05, 4.69) is 5.32 Å². The van der Waals surface area contributed by atoms with Crippen molar-refractivity contribution in [1.29, 1.82) is 0 Å². The zero-order chi connectivity index (χ0) is 14.4. The van der Waals surface area contributed by atoms with Gasteiger partial charge in [-0.15, -0.1) is 12.4 Å². The number of rotatable bonds is 7. The molecule has 7 heteroatoms. The Hall–Kier alpha value is -1.14. The molecule has 1 rings (SSSR count). The molecule has 116 valence electrons. The number of carbonyl (C=O) groups is 3. The van der Waals surface area contributed by atoms with Crippen LogP contribution in [-0.4, -0.2) is 41.8 Å². The van der Waals surface area contributed by atoms with Gasteiger partial charge in [0.25, 0.3) is 0 Å². The van der Waals surface area contributed by atoms with Gasteiger partial charge in [0, 0.05) is 25.9 Å². The Morgan fingerprint density at radius 2 is 1.85 bits per heavy atom. The van der Waals surface area contributed by atoms with Crippen molar-refractivity contribution in [2.75, 3.05) is 13.1 Å². The van der Waals surface area contributed by atoms with Crippen LogP contribution in [0, 0.1) is 5.92 Å². The molecule has 0 saturated carbocycles. The van der Waals surface area contributed by atoms with Gasteiger partial charge >= 0.3 is 0 Å². The summed E-state index contributed by atoms with van der Waals surface area (Å²) >= 11 is 0. The Morgan fingerprint density at radius 3 is 2.35 bits per heavy atom. The monoisotopic (exact) mass is 305 g/mol. The lowest BCUT2D eigenvalue weighted by molar-refractivity contribution is -0.138. The molecule has 0 bridgehead atoms. The van der Waals surface area contributed by atoms with E-state index in [-0.39, 0.29) is 30.1 Å². The number of halogens is 1. The number of imide groups is 1. The third-order valence-electron chi connectivity index (χ3n) is 3.07. The van der Waals surface area contributed by atoms with Crippen LogP contribution in [0.5, 0.6) is 0 Å². The molecule has 0 aromatic rings. The molecule has 3 N–H and O–H groups in total. The molecule has 20 heavy (non-hydrogen) atoms. The first kappa shape index (κ1) is 18.9. The van der Waals surface area contributed by atoms with Gasteiger partial charge in [-0.25, -0.2) is 0 Å². The topological polar surface area (TPSA) is 92.5 Å². The zero-order valence-corrected chi connectivity index (χ0v) is 12.9. The van der Waals surface area contributed by atoms with E-state index in [0.29, 0.717) is 44.7 Å². The third-order valence-corrected chi connectivity index (χ3v) is 3.07. The molecule has 3 amide bonds. The Labute approximate surface area is 125 Å². The van der Waals surface area contributed by atoms with Crippen LogP contribution < -0.4 is 11.1 Å². The molecule has 0 aromatic carbocycles. The molecule has 1 fully saturated rings. The lowest BCUT2D eigenvalue weighted by atomic mass is 10.0. The minimum atomic E-state index is -0.491. The Balaban J connectivity index is 0.00000361. The highest BCUT2D eigenvalue weighted by atomic mass is 35.5. The van der Waals surface area contributed by atoms with Crippen LogP contribution in [0.15, 0.2) is 0 Å². The molecule has 6 nitrogen and oxygen atoms in total. The van der Waals surface area contributed by atoms with E-state index in [4.69, 9.17) is 5.73 Å². The van der Waals surface area contributed by atoms with Crippen LogP contribution in [0.1, 0.15) is 39.5 Å². The van der Waals surface area contributed by atoms with Gasteiger partial charge in [0.15, 0.2) is 0 Å². The van der Waals surface area contributed by atoms with Gasteiger partial charge in [0.2, 0.25) is 17.7 Å². The van der Waals surface area contributed by atoms with Crippen LogP contribution in [0.4, 0.5) is 0 Å². The van der Waals surface area contributed by atoms with Crippen molar-refractivity contribution in [3.63, 3.8) is 0 Å². The number of nitrogens with one attached hydrogen (secondary N) is 1. The van der Waals surface area contributed by atoms with E-state index < -0.39 is 6.04 Å². The van der Waals surface area contributed by atoms with Gasteiger partial charge in [-0.3, -0.25) is 19.3 Å². The van der Waals surface area contributed by atoms with Gasteiger partial charge in [0.05, 0.1) is 6.04 Å². The van der Waals surface area contributed by atoms with Crippen LogP contribution in [-0.2, 0) is 14.4 Å². The van der Waals surface area contributed by atoms with E-state index in [1.807, 2.05) is 13.8 Å². The predicted molar refractivity (Wildman–Crippen MR) is 78.3 cm³/mol. The lowest BCUT2D eigenvalue weighted by Gasteiger charge is -2.16. The van der Waals surface area contributed by atoms with Crippen LogP contribution in [0.3, 0.4) is 0 Å². The maximum atomic E-state index is 11.6. The van der Waals surface area contributed by atoms with Crippen molar-refractivity contribution >= 4 is 30.1 Å². The van der Waals surface area contributed by atoms with E-state index in [1.165, 1.54) is 4.90 Å². The van der Waals surface area contributed by atoms with Crippen molar-refractivity contribution in [3.05, 3.63) is 0 Å². The second-order valence-electron chi connectivity index (χ2n) is 5.32. The van der Waals surface area contributed by atoms with Crippen LogP contribution >= 0.6 is 12.4 Å². The second kappa shape index (κ2) is 8.92. The van der Waals surface area contributed by atoms with Gasteiger partial charge in [-0.1, -0.05) is 13.8 Å². The smallest absolute Gasteiger partial charge is 0.236 e. The molecule has 0 spiro atoms. The van der Waals surface area contributed by atoms with Gasteiger partial charge in [0.1, 0.15) is 0 Å². The molecule has 0 aliphatic carbocycles. The van der Waals surface area contributed by atoms with E-state index in [1.54, 1.807) is 0 Å². The maximum absolute atomic E-state index is 11.6. The van der Waals surface area contributed by atoms with Crippen molar-refractivity contribution in [3.8, 4) is 0 Å². The molecule has 1 atom stereocenters. The number of likely N-dealkylation sites (tertiary alicyclic amines) is 1. The average molecular weight is 306 g/mol. The number of hydrogen-bond acceptors (Lipinski definition) is 4. The standard InChI is InChI=1S/C13H23N3O3.ClH/c1-9(2)8-10(14)13(19)15-6-3-7-16-11(17)4-5-12(16)18;/h9-10H,3-8,14H2,1-2H3,(H,15,19);1H/t10-;/m0./s1. The summed E-state index contributed by atoms with van der Waals surface area (Å²) in [5, 5.41) is 2.73. The van der Waals surface area contributed by atoms with Crippen LogP contribution in [0.25, 0.3) is 0 Å². The van der Waals surface area contributed by atoms with E-state index in [0.717, 1.165) is 0 Å². The molecule has 1 aliphatic heterocycles. The van der Waals surface area contributed by atoms with Crippen molar-refractivity contribution in [1.82, 2.24) is 10.2 Å². The summed E-state index contributed by atoms with van der Waals surface area (Å²) in [6, 6.07) is -0.491. The summed E-state index contributed by atoms with van der Waals surface area (Å²) in [4.78, 5) is 35.6. The summed E-state index contributed by atoms with van der Waals surface area (Å²) in [7, 11) is 0. The summed E-state index contributed by atoms with van der Waals surface area (Å²) in [5.41, 5.74) is 5.74. The maximum Gasteiger partial charge on any atom is 0.236 e. The summed E-state index contributed by atoms with van der Waals surface area (Å²) in [6.45, 7) is 4.83. The van der Waals surface area contributed by atoms with Crippen molar-refractivity contribution < 1.29 is 14.4 Å². The molecule has 1 heterocycles. The average Bonchev–Trinajstić information content (AvgIpc) is 2.64. The number of carbonyl (C=O) groups excluding carboxylic acids is 3. The summed E-state index contributed by atoms with van der Waals surface area (Å²) in [6.07, 6.45) is 1.83. The lowest BCUT2D eigenvalue weighted by Crippen LogP contribution is -2.42. The number of amides is 3. The van der Waals surface area contributed by atoms with Gasteiger partial charge in [-0.2, -0.15) is 0 Å². The first-order chi connectivity index (χ1) is 8.91. The van der Waals surface area contributed by atoms with E-state index >= 15 is 0 Å². The fourth-order valence-electron chi connectivity index (χ4n) is 2.07. The zero-order valence-electron chi connectivity index (χ0n) is 12.1. The Morgan fingerprint density at radius 1 is 1.30 bits per heavy atom. The highest BCUT2D eigenvalue weighted by molar-refractivity contribution is 6.01. The normalized spacial score (nSPS) is 16.3. The predicted octanol–water partition coefficient (Wildman–Crippen LogP) is 0.437. The fraction of sp³-hybridized carbons (Fsp3) is 0.769. The molecule has 1 aliphatic rings. The minimum absolute atomic E-state index is 0. The molecule has 1 saturated heterocycles. The van der Waals surface area contributed by atoms with Crippen molar-refractivity contribution in [2.45, 2.75) is 45.6 Å².